The SMILES string of the molecule is CC[C@@](N)(C(=O)O)c1ccc(Cl)cc1. The van der Waals surface area contributed by atoms with Gasteiger partial charge in [0.1, 0.15) is 5.54 Å². The van der Waals surface area contributed by atoms with Gasteiger partial charge in [0.15, 0.2) is 0 Å². The standard InChI is InChI=1S/C10H12ClNO2/c1-2-10(12,9(13)14)7-3-5-8(11)6-4-7/h3-6H,2,12H2,1H3,(H,13,14)/t10-/m0/s1. The summed E-state index contributed by atoms with van der Waals surface area (Å²) in [5.41, 5.74) is 5.02. The van der Waals surface area contributed by atoms with Crippen molar-refractivity contribution in [3.63, 3.8) is 0 Å². The Balaban J connectivity index is 3.13. The third-order valence-corrected chi connectivity index (χ3v) is 2.55. The van der Waals surface area contributed by atoms with Crippen molar-refractivity contribution >= 4 is 17.6 Å². The fourth-order valence-electron chi connectivity index (χ4n) is 1.23. The monoisotopic (exact) mass is 213 g/mol. The van der Waals surface area contributed by atoms with Crippen molar-refractivity contribution in [3.05, 3.63) is 34.9 Å². The molecule has 0 bridgehead atoms. The van der Waals surface area contributed by atoms with Crippen LogP contribution in [0.1, 0.15) is 18.9 Å². The molecule has 0 spiro atoms. The minimum absolute atomic E-state index is 0.337. The van der Waals surface area contributed by atoms with E-state index in [0.29, 0.717) is 17.0 Å². The van der Waals surface area contributed by atoms with Gasteiger partial charge in [0.25, 0.3) is 0 Å². The largest absolute Gasteiger partial charge is 0.480 e. The molecule has 3 nitrogen and oxygen atoms in total. The van der Waals surface area contributed by atoms with Crippen LogP contribution in [0.4, 0.5) is 0 Å². The number of carboxylic acid groups (broad SMARTS) is 1. The molecule has 0 aliphatic rings. The van der Waals surface area contributed by atoms with Crippen molar-refractivity contribution in [2.45, 2.75) is 18.9 Å². The van der Waals surface area contributed by atoms with E-state index in [1.54, 1.807) is 31.2 Å². The van der Waals surface area contributed by atoms with Gasteiger partial charge < -0.3 is 10.8 Å². The first-order valence-electron chi connectivity index (χ1n) is 4.29. The van der Waals surface area contributed by atoms with Crippen LogP contribution in [0.3, 0.4) is 0 Å². The number of rotatable bonds is 3. The van der Waals surface area contributed by atoms with Gasteiger partial charge in [-0.25, -0.2) is 4.79 Å². The van der Waals surface area contributed by atoms with Crippen LogP contribution in [-0.4, -0.2) is 11.1 Å². The molecular weight excluding hydrogens is 202 g/mol. The summed E-state index contributed by atoms with van der Waals surface area (Å²) in [6.07, 6.45) is 0.337. The van der Waals surface area contributed by atoms with Gasteiger partial charge in [-0.1, -0.05) is 30.7 Å². The van der Waals surface area contributed by atoms with Crippen LogP contribution in [0.25, 0.3) is 0 Å². The molecule has 0 unspecified atom stereocenters. The van der Waals surface area contributed by atoms with Crippen molar-refractivity contribution in [1.29, 1.82) is 0 Å². The van der Waals surface area contributed by atoms with Crippen LogP contribution in [-0.2, 0) is 10.3 Å². The first kappa shape index (κ1) is 11.0. The lowest BCUT2D eigenvalue weighted by atomic mass is 9.89. The molecule has 0 amide bonds. The number of hydrogen-bond donors (Lipinski definition) is 2. The van der Waals surface area contributed by atoms with Crippen molar-refractivity contribution in [2.24, 2.45) is 5.73 Å². The lowest BCUT2D eigenvalue weighted by Crippen LogP contribution is -2.44. The normalized spacial score (nSPS) is 14.8. The Hall–Kier alpha value is -1.06. The van der Waals surface area contributed by atoms with E-state index in [2.05, 4.69) is 0 Å². The first-order valence-corrected chi connectivity index (χ1v) is 4.67. The summed E-state index contributed by atoms with van der Waals surface area (Å²) >= 11 is 5.70. The molecule has 14 heavy (non-hydrogen) atoms. The van der Waals surface area contributed by atoms with Crippen molar-refractivity contribution in [2.75, 3.05) is 0 Å². The number of benzene rings is 1. The van der Waals surface area contributed by atoms with E-state index >= 15 is 0 Å². The second-order valence-electron chi connectivity index (χ2n) is 3.14. The Morgan fingerprint density at radius 3 is 2.36 bits per heavy atom. The molecule has 0 heterocycles. The molecule has 4 heteroatoms. The first-order chi connectivity index (χ1) is 6.50. The highest BCUT2D eigenvalue weighted by Crippen LogP contribution is 2.23. The van der Waals surface area contributed by atoms with E-state index in [9.17, 15) is 4.79 Å². The summed E-state index contributed by atoms with van der Waals surface area (Å²) in [4.78, 5) is 11.0. The number of aliphatic carboxylic acids is 1. The van der Waals surface area contributed by atoms with Gasteiger partial charge in [0.05, 0.1) is 0 Å². The van der Waals surface area contributed by atoms with Crippen LogP contribution >= 0.6 is 11.6 Å². The molecular formula is C10H12ClNO2. The summed E-state index contributed by atoms with van der Waals surface area (Å²) in [5.74, 6) is -1.03. The zero-order chi connectivity index (χ0) is 10.8. The summed E-state index contributed by atoms with van der Waals surface area (Å²) < 4.78 is 0. The topological polar surface area (TPSA) is 63.3 Å². The van der Waals surface area contributed by atoms with Gasteiger partial charge in [-0.15, -0.1) is 0 Å². The van der Waals surface area contributed by atoms with E-state index in [1.165, 1.54) is 0 Å². The molecule has 1 atom stereocenters. The Kier molecular flexibility index (Phi) is 3.13. The predicted octanol–water partition coefficient (Wildman–Crippen LogP) is 1.99. The van der Waals surface area contributed by atoms with E-state index in [4.69, 9.17) is 22.4 Å². The lowest BCUT2D eigenvalue weighted by molar-refractivity contribution is -0.143. The number of hydrogen-bond acceptors (Lipinski definition) is 2. The highest BCUT2D eigenvalue weighted by Gasteiger charge is 2.33. The van der Waals surface area contributed by atoms with Crippen LogP contribution in [0.15, 0.2) is 24.3 Å². The number of carbonyl (C=O) groups is 1. The van der Waals surface area contributed by atoms with Crippen LogP contribution in [0.2, 0.25) is 5.02 Å². The molecule has 76 valence electrons. The summed E-state index contributed by atoms with van der Waals surface area (Å²) in [7, 11) is 0. The Morgan fingerprint density at radius 2 is 2.00 bits per heavy atom. The van der Waals surface area contributed by atoms with Gasteiger partial charge in [-0.05, 0) is 24.1 Å². The quantitative estimate of drug-likeness (QED) is 0.807. The summed E-state index contributed by atoms with van der Waals surface area (Å²) in [6.45, 7) is 1.74. The summed E-state index contributed by atoms with van der Waals surface area (Å²) in [5, 5.41) is 9.56. The second-order valence-corrected chi connectivity index (χ2v) is 3.57. The molecule has 0 aliphatic carbocycles. The Bertz CT molecular complexity index is 336. The fraction of sp³-hybridized carbons (Fsp3) is 0.300. The van der Waals surface area contributed by atoms with E-state index < -0.39 is 11.5 Å². The van der Waals surface area contributed by atoms with Crippen LogP contribution in [0.5, 0.6) is 0 Å². The van der Waals surface area contributed by atoms with E-state index in [0.717, 1.165) is 0 Å². The second kappa shape index (κ2) is 3.98. The molecule has 0 aromatic heterocycles. The van der Waals surface area contributed by atoms with Gasteiger partial charge in [-0.2, -0.15) is 0 Å². The fourth-order valence-corrected chi connectivity index (χ4v) is 1.35. The van der Waals surface area contributed by atoms with Gasteiger partial charge in [0.2, 0.25) is 0 Å². The number of nitrogens with two attached hydrogens (primary N) is 1. The lowest BCUT2D eigenvalue weighted by Gasteiger charge is -2.23. The smallest absolute Gasteiger partial charge is 0.328 e. The van der Waals surface area contributed by atoms with E-state index in [-0.39, 0.29) is 0 Å². The molecule has 0 saturated carbocycles. The Morgan fingerprint density at radius 1 is 1.50 bits per heavy atom. The summed E-state index contributed by atoms with van der Waals surface area (Å²) in [6, 6.07) is 6.55. The maximum Gasteiger partial charge on any atom is 0.328 e. The van der Waals surface area contributed by atoms with Crippen LogP contribution in [0, 0.1) is 0 Å². The maximum absolute atomic E-state index is 11.0. The van der Waals surface area contributed by atoms with Gasteiger partial charge in [-0.3, -0.25) is 0 Å². The predicted molar refractivity (Wildman–Crippen MR) is 55.2 cm³/mol. The van der Waals surface area contributed by atoms with Gasteiger partial charge >= 0.3 is 5.97 Å². The molecule has 1 aromatic carbocycles. The minimum atomic E-state index is -1.31. The van der Waals surface area contributed by atoms with E-state index in [1.807, 2.05) is 0 Å². The maximum atomic E-state index is 11.0. The molecule has 1 rings (SSSR count). The molecule has 0 aliphatic heterocycles. The average molecular weight is 214 g/mol. The zero-order valence-electron chi connectivity index (χ0n) is 7.83. The molecule has 1 aromatic rings. The third kappa shape index (κ3) is 1.89. The number of halogens is 1. The molecule has 0 fully saturated rings. The third-order valence-electron chi connectivity index (χ3n) is 2.30. The van der Waals surface area contributed by atoms with Gasteiger partial charge in [0, 0.05) is 5.02 Å². The average Bonchev–Trinajstić information content (AvgIpc) is 2.17. The zero-order valence-corrected chi connectivity index (χ0v) is 8.58. The van der Waals surface area contributed by atoms with Crippen molar-refractivity contribution in [1.82, 2.24) is 0 Å². The highest BCUT2D eigenvalue weighted by atomic mass is 35.5. The van der Waals surface area contributed by atoms with Crippen molar-refractivity contribution in [3.8, 4) is 0 Å². The number of carboxylic acids is 1. The van der Waals surface area contributed by atoms with Crippen molar-refractivity contribution < 1.29 is 9.90 Å². The van der Waals surface area contributed by atoms with Crippen LogP contribution < -0.4 is 5.73 Å². The molecule has 0 radical (unpaired) electrons. The minimum Gasteiger partial charge on any atom is -0.480 e. The molecule has 0 saturated heterocycles. The Labute approximate surface area is 87.5 Å². The highest BCUT2D eigenvalue weighted by molar-refractivity contribution is 6.30. The molecule has 3 N–H and O–H groups in total.